The molecule has 1 aromatic rings. The molecule has 1 atom stereocenters. The van der Waals surface area contributed by atoms with E-state index in [-0.39, 0.29) is 18.8 Å². The lowest BCUT2D eigenvalue weighted by atomic mass is 10.2. The lowest BCUT2D eigenvalue weighted by Crippen LogP contribution is -2.31. The van der Waals surface area contributed by atoms with Crippen molar-refractivity contribution in [2.45, 2.75) is 19.4 Å². The van der Waals surface area contributed by atoms with Crippen molar-refractivity contribution < 1.29 is 28.6 Å². The molecular formula is C13H17ClFNO5. The van der Waals surface area contributed by atoms with Gasteiger partial charge < -0.3 is 20.3 Å². The third kappa shape index (κ3) is 10.6. The highest BCUT2D eigenvalue weighted by Crippen LogP contribution is 2.11. The average Bonchev–Trinajstić information content (AvgIpc) is 2.41. The highest BCUT2D eigenvalue weighted by molar-refractivity contribution is 6.61. The summed E-state index contributed by atoms with van der Waals surface area (Å²) in [7, 11) is 0. The van der Waals surface area contributed by atoms with Crippen LogP contribution in [0.1, 0.15) is 13.3 Å². The monoisotopic (exact) mass is 321 g/mol. The second kappa shape index (κ2) is 10.9. The SMILES string of the molecule is CCOC(=O)Cl.NC(CCOc1ccc(F)cc1)C(=O)O. The molecule has 0 aromatic heterocycles. The molecule has 0 aliphatic heterocycles. The molecule has 118 valence electrons. The van der Waals surface area contributed by atoms with Gasteiger partial charge in [0.1, 0.15) is 17.6 Å². The zero-order valence-corrected chi connectivity index (χ0v) is 12.2. The summed E-state index contributed by atoms with van der Waals surface area (Å²) in [5, 5.41) is 8.49. The highest BCUT2D eigenvalue weighted by Gasteiger charge is 2.10. The van der Waals surface area contributed by atoms with Gasteiger partial charge in [-0.25, -0.2) is 9.18 Å². The number of hydrogen-bond donors (Lipinski definition) is 2. The molecule has 1 unspecified atom stereocenters. The maximum Gasteiger partial charge on any atom is 0.403 e. The number of carbonyl (C=O) groups excluding carboxylic acids is 1. The lowest BCUT2D eigenvalue weighted by Gasteiger charge is -2.08. The number of rotatable bonds is 6. The predicted octanol–water partition coefficient (Wildman–Crippen LogP) is 2.39. The van der Waals surface area contributed by atoms with Gasteiger partial charge >= 0.3 is 11.4 Å². The molecule has 3 N–H and O–H groups in total. The van der Waals surface area contributed by atoms with Crippen molar-refractivity contribution in [2.75, 3.05) is 13.2 Å². The highest BCUT2D eigenvalue weighted by atomic mass is 35.5. The van der Waals surface area contributed by atoms with Crippen molar-refractivity contribution in [3.63, 3.8) is 0 Å². The first-order chi connectivity index (χ1) is 9.86. The summed E-state index contributed by atoms with van der Waals surface area (Å²) in [6, 6.07) is 4.56. The van der Waals surface area contributed by atoms with Crippen LogP contribution < -0.4 is 10.5 Å². The normalized spacial score (nSPS) is 10.9. The van der Waals surface area contributed by atoms with Crippen LogP contribution in [0.2, 0.25) is 0 Å². The molecule has 0 aliphatic carbocycles. The van der Waals surface area contributed by atoms with Gasteiger partial charge in [0, 0.05) is 18.0 Å². The maximum atomic E-state index is 12.5. The van der Waals surface area contributed by atoms with E-state index in [1.807, 2.05) is 0 Å². The van der Waals surface area contributed by atoms with Crippen molar-refractivity contribution >= 4 is 23.0 Å². The second-order valence-electron chi connectivity index (χ2n) is 3.71. The van der Waals surface area contributed by atoms with Crippen LogP contribution in [0.4, 0.5) is 9.18 Å². The number of aliphatic carboxylic acids is 1. The number of carboxylic acid groups (broad SMARTS) is 1. The van der Waals surface area contributed by atoms with E-state index in [0.717, 1.165) is 0 Å². The van der Waals surface area contributed by atoms with E-state index >= 15 is 0 Å². The standard InChI is InChI=1S/C10H12FNO3.C3H5ClO2/c11-7-1-3-8(4-2-7)15-6-5-9(12)10(13)14;1-2-6-3(4)5/h1-4,9H,5-6,12H2,(H,13,14);2H2,1H3. The van der Waals surface area contributed by atoms with E-state index in [0.29, 0.717) is 12.4 Å². The van der Waals surface area contributed by atoms with Gasteiger partial charge in [-0.05, 0) is 31.2 Å². The van der Waals surface area contributed by atoms with E-state index in [1.165, 1.54) is 24.3 Å². The molecule has 1 aromatic carbocycles. The van der Waals surface area contributed by atoms with Crippen molar-refractivity contribution in [3.05, 3.63) is 30.1 Å². The maximum absolute atomic E-state index is 12.5. The fourth-order valence-corrected chi connectivity index (χ4v) is 1.18. The topological polar surface area (TPSA) is 98.9 Å². The molecule has 0 saturated heterocycles. The summed E-state index contributed by atoms with van der Waals surface area (Å²) in [4.78, 5) is 19.9. The molecule has 1 rings (SSSR count). The van der Waals surface area contributed by atoms with Crippen LogP contribution in [0.3, 0.4) is 0 Å². The van der Waals surface area contributed by atoms with Crippen LogP contribution in [-0.4, -0.2) is 35.8 Å². The van der Waals surface area contributed by atoms with Crippen LogP contribution in [0.5, 0.6) is 5.75 Å². The average molecular weight is 322 g/mol. The van der Waals surface area contributed by atoms with Crippen molar-refractivity contribution in [3.8, 4) is 5.75 Å². The summed E-state index contributed by atoms with van der Waals surface area (Å²) >= 11 is 4.72. The van der Waals surface area contributed by atoms with Gasteiger partial charge in [-0.15, -0.1) is 0 Å². The minimum Gasteiger partial charge on any atom is -0.494 e. The molecule has 0 bridgehead atoms. The first kappa shape index (κ1) is 19.1. The zero-order valence-electron chi connectivity index (χ0n) is 11.4. The van der Waals surface area contributed by atoms with Crippen LogP contribution in [0, 0.1) is 5.82 Å². The van der Waals surface area contributed by atoms with Crippen LogP contribution in [-0.2, 0) is 9.53 Å². The van der Waals surface area contributed by atoms with Crippen molar-refractivity contribution in [2.24, 2.45) is 5.73 Å². The van der Waals surface area contributed by atoms with Crippen LogP contribution in [0.15, 0.2) is 24.3 Å². The van der Waals surface area contributed by atoms with E-state index in [2.05, 4.69) is 4.74 Å². The second-order valence-corrected chi connectivity index (χ2v) is 4.02. The lowest BCUT2D eigenvalue weighted by molar-refractivity contribution is -0.138. The molecule has 0 aliphatic rings. The van der Waals surface area contributed by atoms with E-state index in [1.54, 1.807) is 6.92 Å². The molecule has 6 nitrogen and oxygen atoms in total. The van der Waals surface area contributed by atoms with Gasteiger partial charge in [-0.3, -0.25) is 4.79 Å². The smallest absolute Gasteiger partial charge is 0.403 e. The Morgan fingerprint density at radius 2 is 1.95 bits per heavy atom. The Balaban J connectivity index is 0.000000567. The van der Waals surface area contributed by atoms with Gasteiger partial charge in [0.25, 0.3) is 0 Å². The summed E-state index contributed by atoms with van der Waals surface area (Å²) in [5.41, 5.74) is 4.53. The zero-order chi connectivity index (χ0) is 16.3. The molecule has 8 heteroatoms. The Morgan fingerprint density at radius 1 is 1.38 bits per heavy atom. The third-order valence-corrected chi connectivity index (χ3v) is 2.20. The Hall–Kier alpha value is -1.86. The molecule has 0 fully saturated rings. The molecule has 0 radical (unpaired) electrons. The number of nitrogens with two attached hydrogens (primary N) is 1. The Bertz CT molecular complexity index is 441. The number of carbonyl (C=O) groups is 2. The summed E-state index contributed by atoms with van der Waals surface area (Å²) in [5.74, 6) is -0.906. The largest absolute Gasteiger partial charge is 0.494 e. The third-order valence-electron chi connectivity index (χ3n) is 2.09. The first-order valence-corrected chi connectivity index (χ1v) is 6.43. The number of carboxylic acids is 1. The van der Waals surface area contributed by atoms with Crippen molar-refractivity contribution in [1.29, 1.82) is 0 Å². The fourth-order valence-electron chi connectivity index (χ4n) is 1.07. The number of hydrogen-bond acceptors (Lipinski definition) is 5. The minimum absolute atomic E-state index is 0.194. The molecule has 0 saturated carbocycles. The molecule has 0 heterocycles. The van der Waals surface area contributed by atoms with Gasteiger partial charge in [0.15, 0.2) is 0 Å². The van der Waals surface area contributed by atoms with E-state index in [9.17, 15) is 14.0 Å². The van der Waals surface area contributed by atoms with Crippen LogP contribution in [0.25, 0.3) is 0 Å². The first-order valence-electron chi connectivity index (χ1n) is 6.05. The Kier molecular flexibility index (Phi) is 9.91. The predicted molar refractivity (Wildman–Crippen MR) is 75.0 cm³/mol. The Morgan fingerprint density at radius 3 is 2.33 bits per heavy atom. The summed E-state index contributed by atoms with van der Waals surface area (Å²) in [6.07, 6.45) is 0.215. The molecule has 21 heavy (non-hydrogen) atoms. The number of halogens is 2. The van der Waals surface area contributed by atoms with E-state index in [4.69, 9.17) is 27.2 Å². The minimum atomic E-state index is -1.06. The summed E-state index contributed by atoms with van der Waals surface area (Å²) in [6.45, 7) is 2.24. The molecule has 0 amide bonds. The number of benzene rings is 1. The Labute approximate surface area is 126 Å². The van der Waals surface area contributed by atoms with Crippen molar-refractivity contribution in [1.82, 2.24) is 0 Å². The molecule has 0 spiro atoms. The molecular weight excluding hydrogens is 305 g/mol. The quantitative estimate of drug-likeness (QED) is 0.780. The fraction of sp³-hybridized carbons (Fsp3) is 0.385. The van der Waals surface area contributed by atoms with Gasteiger partial charge in [0.2, 0.25) is 0 Å². The number of ether oxygens (including phenoxy) is 2. The summed E-state index contributed by atoms with van der Waals surface area (Å²) < 4.78 is 21.8. The van der Waals surface area contributed by atoms with Gasteiger partial charge in [0.05, 0.1) is 13.2 Å². The van der Waals surface area contributed by atoms with Gasteiger partial charge in [-0.2, -0.15) is 0 Å². The van der Waals surface area contributed by atoms with Crippen LogP contribution >= 0.6 is 11.6 Å². The van der Waals surface area contributed by atoms with Gasteiger partial charge in [-0.1, -0.05) is 0 Å². The van der Waals surface area contributed by atoms with E-state index < -0.39 is 17.4 Å².